The van der Waals surface area contributed by atoms with E-state index in [-0.39, 0.29) is 5.12 Å². The van der Waals surface area contributed by atoms with Gasteiger partial charge in [-0.2, -0.15) is 0 Å². The van der Waals surface area contributed by atoms with E-state index in [0.29, 0.717) is 12.4 Å². The number of carbonyl (C=O) groups excluding carboxylic acids is 1. The van der Waals surface area contributed by atoms with E-state index in [9.17, 15) is 4.79 Å². The molecule has 0 aliphatic rings. The maximum Gasteiger partial charge on any atom is 0.186 e. The van der Waals surface area contributed by atoms with E-state index in [2.05, 4.69) is 0 Å². The largest absolute Gasteiger partial charge is 0.459 e. The molecule has 0 aliphatic heterocycles. The molecule has 0 amide bonds. The topological polar surface area (TPSA) is 39.4 Å². The fourth-order valence-corrected chi connectivity index (χ4v) is 1.46. The molecule has 15 heavy (non-hydrogen) atoms. The summed E-state index contributed by atoms with van der Waals surface area (Å²) >= 11 is 1.28. The Kier molecular flexibility index (Phi) is 5.21. The lowest BCUT2D eigenvalue weighted by molar-refractivity contribution is -0.109. The number of hydrogen-bond acceptors (Lipinski definition) is 4. The summed E-state index contributed by atoms with van der Waals surface area (Å²) < 4.78 is 10.4. The van der Waals surface area contributed by atoms with Crippen molar-refractivity contribution < 1.29 is 13.9 Å². The second kappa shape index (κ2) is 6.48. The summed E-state index contributed by atoms with van der Waals surface area (Å²) in [7, 11) is 1.63. The van der Waals surface area contributed by atoms with Gasteiger partial charge in [0.25, 0.3) is 0 Å². The monoisotopic (exact) mass is 226 g/mol. The van der Waals surface area contributed by atoms with E-state index in [1.165, 1.54) is 11.8 Å². The standard InChI is InChI=1S/C11H14O3S/c1-9(12)15-7-3-4-10-5-6-11(14-10)8-13-2/h3-6H,7-8H2,1-2H3. The molecule has 1 heterocycles. The van der Waals surface area contributed by atoms with E-state index < -0.39 is 0 Å². The molecule has 0 saturated carbocycles. The molecule has 0 N–H and O–H groups in total. The normalized spacial score (nSPS) is 11.1. The third-order valence-electron chi connectivity index (χ3n) is 1.63. The zero-order valence-corrected chi connectivity index (χ0v) is 9.67. The SMILES string of the molecule is COCc1ccc(C=CCSC(C)=O)o1. The molecule has 0 spiro atoms. The van der Waals surface area contributed by atoms with Crippen molar-refractivity contribution in [2.24, 2.45) is 0 Å². The number of furan rings is 1. The van der Waals surface area contributed by atoms with Gasteiger partial charge >= 0.3 is 0 Å². The predicted molar refractivity (Wildman–Crippen MR) is 61.6 cm³/mol. The quantitative estimate of drug-likeness (QED) is 0.774. The average molecular weight is 226 g/mol. The van der Waals surface area contributed by atoms with Crippen molar-refractivity contribution in [1.29, 1.82) is 0 Å². The summed E-state index contributed by atoms with van der Waals surface area (Å²) in [6.45, 7) is 2.04. The molecule has 1 aromatic rings. The van der Waals surface area contributed by atoms with Crippen LogP contribution in [-0.2, 0) is 16.1 Å². The Balaban J connectivity index is 2.39. The third-order valence-corrected chi connectivity index (χ3v) is 2.40. The zero-order valence-electron chi connectivity index (χ0n) is 8.86. The Hall–Kier alpha value is -1.00. The predicted octanol–water partition coefficient (Wildman–Crippen LogP) is 2.72. The van der Waals surface area contributed by atoms with E-state index in [1.807, 2.05) is 24.3 Å². The zero-order chi connectivity index (χ0) is 11.1. The summed E-state index contributed by atoms with van der Waals surface area (Å²) in [6.07, 6.45) is 3.76. The van der Waals surface area contributed by atoms with Crippen molar-refractivity contribution in [3.05, 3.63) is 29.7 Å². The molecule has 0 aliphatic carbocycles. The maximum atomic E-state index is 10.6. The van der Waals surface area contributed by atoms with Crippen LogP contribution in [0.3, 0.4) is 0 Å². The fraction of sp³-hybridized carbons (Fsp3) is 0.364. The second-order valence-electron chi connectivity index (χ2n) is 2.94. The van der Waals surface area contributed by atoms with Crippen LogP contribution in [0.1, 0.15) is 18.4 Å². The van der Waals surface area contributed by atoms with Crippen molar-refractivity contribution in [2.45, 2.75) is 13.5 Å². The number of ether oxygens (including phenoxy) is 1. The summed E-state index contributed by atoms with van der Waals surface area (Å²) in [5, 5.41) is 0.124. The molecule has 0 saturated heterocycles. The van der Waals surface area contributed by atoms with Gasteiger partial charge in [0.15, 0.2) is 5.12 Å². The Labute approximate surface area is 93.5 Å². The van der Waals surface area contributed by atoms with Crippen molar-refractivity contribution in [2.75, 3.05) is 12.9 Å². The smallest absolute Gasteiger partial charge is 0.186 e. The molecular weight excluding hydrogens is 212 g/mol. The first-order valence-electron chi connectivity index (χ1n) is 4.60. The molecule has 0 aromatic carbocycles. The maximum absolute atomic E-state index is 10.6. The number of methoxy groups -OCH3 is 1. The van der Waals surface area contributed by atoms with Crippen LogP contribution in [0, 0.1) is 0 Å². The number of thioether (sulfide) groups is 1. The number of rotatable bonds is 5. The third kappa shape index (κ3) is 4.85. The van der Waals surface area contributed by atoms with Crippen LogP contribution in [0.4, 0.5) is 0 Å². The minimum absolute atomic E-state index is 0.124. The fourth-order valence-electron chi connectivity index (χ4n) is 1.03. The van der Waals surface area contributed by atoms with E-state index >= 15 is 0 Å². The highest BCUT2D eigenvalue weighted by atomic mass is 32.2. The van der Waals surface area contributed by atoms with Gasteiger partial charge in [-0.1, -0.05) is 17.8 Å². The van der Waals surface area contributed by atoms with E-state index in [4.69, 9.17) is 9.15 Å². The van der Waals surface area contributed by atoms with Gasteiger partial charge in [0, 0.05) is 19.8 Å². The summed E-state index contributed by atoms with van der Waals surface area (Å²) in [4.78, 5) is 10.6. The molecule has 4 heteroatoms. The highest BCUT2D eigenvalue weighted by molar-refractivity contribution is 8.13. The molecule has 0 unspecified atom stereocenters. The Morgan fingerprint density at radius 3 is 3.07 bits per heavy atom. The van der Waals surface area contributed by atoms with Crippen LogP contribution < -0.4 is 0 Å². The van der Waals surface area contributed by atoms with Crippen LogP contribution in [-0.4, -0.2) is 18.0 Å². The van der Waals surface area contributed by atoms with Gasteiger partial charge in [0.2, 0.25) is 0 Å². The van der Waals surface area contributed by atoms with Crippen LogP contribution in [0.5, 0.6) is 0 Å². The minimum atomic E-state index is 0.124. The first kappa shape index (κ1) is 12.1. The lowest BCUT2D eigenvalue weighted by Crippen LogP contribution is -1.82. The molecule has 1 aromatic heterocycles. The highest BCUT2D eigenvalue weighted by Crippen LogP contribution is 2.11. The summed E-state index contributed by atoms with van der Waals surface area (Å²) in [5.74, 6) is 2.26. The van der Waals surface area contributed by atoms with Gasteiger partial charge < -0.3 is 9.15 Å². The molecule has 3 nitrogen and oxygen atoms in total. The van der Waals surface area contributed by atoms with Gasteiger partial charge in [-0.3, -0.25) is 4.79 Å². The second-order valence-corrected chi connectivity index (χ2v) is 4.14. The first-order chi connectivity index (χ1) is 7.22. The van der Waals surface area contributed by atoms with Crippen LogP contribution in [0.2, 0.25) is 0 Å². The molecule has 1 rings (SSSR count). The van der Waals surface area contributed by atoms with E-state index in [1.54, 1.807) is 14.0 Å². The molecule has 0 atom stereocenters. The Morgan fingerprint density at radius 1 is 1.60 bits per heavy atom. The van der Waals surface area contributed by atoms with Crippen molar-refractivity contribution in [3.8, 4) is 0 Å². The van der Waals surface area contributed by atoms with Crippen molar-refractivity contribution >= 4 is 23.0 Å². The average Bonchev–Trinajstić information content (AvgIpc) is 2.61. The van der Waals surface area contributed by atoms with Gasteiger partial charge in [0.05, 0.1) is 0 Å². The summed E-state index contributed by atoms with van der Waals surface area (Å²) in [6, 6.07) is 3.75. The van der Waals surface area contributed by atoms with Crippen LogP contribution >= 0.6 is 11.8 Å². The van der Waals surface area contributed by atoms with Gasteiger partial charge in [-0.25, -0.2) is 0 Å². The van der Waals surface area contributed by atoms with Crippen LogP contribution in [0.15, 0.2) is 22.6 Å². The summed E-state index contributed by atoms with van der Waals surface area (Å²) in [5.41, 5.74) is 0. The Bertz CT molecular complexity index is 341. The highest BCUT2D eigenvalue weighted by Gasteiger charge is 1.97. The van der Waals surface area contributed by atoms with Crippen molar-refractivity contribution in [1.82, 2.24) is 0 Å². The molecule has 0 bridgehead atoms. The van der Waals surface area contributed by atoms with Crippen LogP contribution in [0.25, 0.3) is 6.08 Å². The van der Waals surface area contributed by atoms with Gasteiger partial charge in [-0.15, -0.1) is 0 Å². The van der Waals surface area contributed by atoms with Gasteiger partial charge in [0.1, 0.15) is 18.1 Å². The minimum Gasteiger partial charge on any atom is -0.459 e. The molecule has 0 fully saturated rings. The first-order valence-corrected chi connectivity index (χ1v) is 5.58. The van der Waals surface area contributed by atoms with E-state index in [0.717, 1.165) is 11.5 Å². The molecule has 82 valence electrons. The lowest BCUT2D eigenvalue weighted by Gasteiger charge is -1.91. The lowest BCUT2D eigenvalue weighted by atomic mass is 10.4. The van der Waals surface area contributed by atoms with Crippen molar-refractivity contribution in [3.63, 3.8) is 0 Å². The molecule has 0 radical (unpaired) electrons. The molecular formula is C11H14O3S. The van der Waals surface area contributed by atoms with Gasteiger partial charge in [-0.05, 0) is 18.2 Å². The Morgan fingerprint density at radius 2 is 2.40 bits per heavy atom. The number of hydrogen-bond donors (Lipinski definition) is 0. The number of carbonyl (C=O) groups is 1.